The van der Waals surface area contributed by atoms with Crippen LogP contribution in [0.5, 0.6) is 0 Å². The summed E-state index contributed by atoms with van der Waals surface area (Å²) >= 11 is 0. The molecule has 3 aromatic rings. The zero-order valence-electron chi connectivity index (χ0n) is 19.5. The first kappa shape index (κ1) is 25.2. The van der Waals surface area contributed by atoms with E-state index in [9.17, 15) is 0 Å². The summed E-state index contributed by atoms with van der Waals surface area (Å²) in [4.78, 5) is 11.5. The highest BCUT2D eigenvalue weighted by Crippen LogP contribution is 2.25. The highest BCUT2D eigenvalue weighted by atomic mass is 127. The Morgan fingerprint density at radius 1 is 1.18 bits per heavy atom. The van der Waals surface area contributed by atoms with Crippen LogP contribution < -0.4 is 5.32 Å². The molecule has 0 spiro atoms. The Hall–Kier alpha value is -2.39. The number of rotatable bonds is 8. The molecule has 2 heterocycles. The summed E-state index contributed by atoms with van der Waals surface area (Å²) in [6.07, 6.45) is 6.80. The third-order valence-corrected chi connectivity index (χ3v) is 5.93. The maximum atomic E-state index is 5.35. The number of imidazole rings is 1. The van der Waals surface area contributed by atoms with E-state index >= 15 is 0 Å². The fourth-order valence-corrected chi connectivity index (χ4v) is 4.30. The van der Waals surface area contributed by atoms with Crippen LogP contribution in [0.1, 0.15) is 24.5 Å². The van der Waals surface area contributed by atoms with E-state index in [1.54, 1.807) is 7.11 Å². The molecule has 1 saturated heterocycles. The maximum Gasteiger partial charge on any atom is 0.194 e. The van der Waals surface area contributed by atoms with Crippen LogP contribution in [0.25, 0.3) is 11.1 Å². The second-order valence-electron chi connectivity index (χ2n) is 8.32. The fourth-order valence-electron chi connectivity index (χ4n) is 4.30. The average Bonchev–Trinajstić information content (AvgIpc) is 3.50. The first-order valence-electron chi connectivity index (χ1n) is 11.4. The summed E-state index contributed by atoms with van der Waals surface area (Å²) in [5.74, 6) is 1.58. The van der Waals surface area contributed by atoms with Crippen LogP contribution in [0.2, 0.25) is 0 Å². The molecule has 1 aromatic heterocycles. The molecule has 176 valence electrons. The van der Waals surface area contributed by atoms with Gasteiger partial charge in [0, 0.05) is 51.6 Å². The van der Waals surface area contributed by atoms with Gasteiger partial charge >= 0.3 is 0 Å². The minimum Gasteiger partial charge on any atom is -0.384 e. The Labute approximate surface area is 214 Å². The van der Waals surface area contributed by atoms with Gasteiger partial charge < -0.3 is 19.5 Å². The fraction of sp³-hybridized carbons (Fsp3) is 0.385. The Morgan fingerprint density at radius 2 is 2.00 bits per heavy atom. The van der Waals surface area contributed by atoms with Crippen molar-refractivity contribution in [2.24, 2.45) is 10.9 Å². The molecule has 4 rings (SSSR count). The molecule has 1 aliphatic heterocycles. The first-order valence-corrected chi connectivity index (χ1v) is 11.4. The summed E-state index contributed by atoms with van der Waals surface area (Å²) in [6, 6.07) is 17.4. The second kappa shape index (κ2) is 12.7. The van der Waals surface area contributed by atoms with E-state index < -0.39 is 0 Å². The normalized spacial score (nSPS) is 16.0. The molecule has 1 fully saturated rings. The molecule has 0 amide bonds. The van der Waals surface area contributed by atoms with Gasteiger partial charge in [0.1, 0.15) is 0 Å². The number of hydrogen-bond acceptors (Lipinski definition) is 3. The van der Waals surface area contributed by atoms with E-state index in [2.05, 4.69) is 75.2 Å². The molecule has 0 bridgehead atoms. The molecular formula is C26H34IN5O. The molecule has 2 aromatic carbocycles. The van der Waals surface area contributed by atoms with Crippen molar-refractivity contribution in [1.29, 1.82) is 0 Å². The molecule has 1 atom stereocenters. The quantitative estimate of drug-likeness (QED) is 0.248. The molecule has 0 radical (unpaired) electrons. The van der Waals surface area contributed by atoms with E-state index in [0.29, 0.717) is 12.5 Å². The SMILES string of the molecule is CCNC(=NCc1ccccc1-c1ccc(Cn2ccnc2)cc1)N1CCC(COC)C1.I. The smallest absolute Gasteiger partial charge is 0.194 e. The van der Waals surface area contributed by atoms with Gasteiger partial charge in [-0.2, -0.15) is 0 Å². The predicted octanol–water partition coefficient (Wildman–Crippen LogP) is 4.65. The molecule has 1 N–H and O–H groups in total. The third kappa shape index (κ3) is 6.80. The van der Waals surface area contributed by atoms with Crippen molar-refractivity contribution < 1.29 is 4.74 Å². The van der Waals surface area contributed by atoms with Gasteiger partial charge in [0.05, 0.1) is 19.5 Å². The number of likely N-dealkylation sites (tertiary alicyclic amines) is 1. The Morgan fingerprint density at radius 3 is 2.73 bits per heavy atom. The van der Waals surface area contributed by atoms with E-state index in [1.807, 2.05) is 18.7 Å². The topological polar surface area (TPSA) is 54.7 Å². The number of ether oxygens (including phenoxy) is 1. The number of aromatic nitrogens is 2. The Balaban J connectivity index is 0.00000306. The zero-order chi connectivity index (χ0) is 22.2. The standard InChI is InChI=1S/C26H33N5O.HI/c1-3-28-26(31-14-12-22(18-31)19-32-2)29-16-24-6-4-5-7-25(24)23-10-8-21(9-11-23)17-30-15-13-27-20-30;/h4-11,13,15,20,22H,3,12,14,16-19H2,1-2H3,(H,28,29);1H. The van der Waals surface area contributed by atoms with Gasteiger partial charge in [-0.1, -0.05) is 48.5 Å². The maximum absolute atomic E-state index is 5.35. The van der Waals surface area contributed by atoms with Gasteiger partial charge in [0.2, 0.25) is 0 Å². The number of hydrogen-bond donors (Lipinski definition) is 1. The van der Waals surface area contributed by atoms with Crippen molar-refractivity contribution >= 4 is 29.9 Å². The van der Waals surface area contributed by atoms with Crippen molar-refractivity contribution in [2.75, 3.05) is 33.4 Å². The third-order valence-electron chi connectivity index (χ3n) is 5.93. The predicted molar refractivity (Wildman–Crippen MR) is 145 cm³/mol. The minimum absolute atomic E-state index is 0. The number of aliphatic imine (C=N–C) groups is 1. The van der Waals surface area contributed by atoms with Crippen LogP contribution in [0.3, 0.4) is 0 Å². The molecule has 0 aliphatic carbocycles. The molecule has 33 heavy (non-hydrogen) atoms. The van der Waals surface area contributed by atoms with Crippen molar-refractivity contribution in [3.8, 4) is 11.1 Å². The van der Waals surface area contributed by atoms with Crippen LogP contribution in [0.15, 0.2) is 72.2 Å². The minimum atomic E-state index is 0. The summed E-state index contributed by atoms with van der Waals surface area (Å²) in [6.45, 7) is 7.32. The van der Waals surface area contributed by atoms with E-state index in [1.165, 1.54) is 22.3 Å². The van der Waals surface area contributed by atoms with Gasteiger partial charge in [-0.05, 0) is 35.6 Å². The molecule has 1 aliphatic rings. The number of halogens is 1. The van der Waals surface area contributed by atoms with E-state index in [4.69, 9.17) is 9.73 Å². The van der Waals surface area contributed by atoms with E-state index in [0.717, 1.165) is 45.2 Å². The van der Waals surface area contributed by atoms with Crippen LogP contribution in [-0.4, -0.2) is 53.8 Å². The number of methoxy groups -OCH3 is 1. The zero-order valence-corrected chi connectivity index (χ0v) is 21.8. The van der Waals surface area contributed by atoms with Gasteiger partial charge in [-0.25, -0.2) is 9.98 Å². The summed E-state index contributed by atoms with van der Waals surface area (Å²) in [7, 11) is 1.78. The van der Waals surface area contributed by atoms with Crippen molar-refractivity contribution in [2.45, 2.75) is 26.4 Å². The lowest BCUT2D eigenvalue weighted by molar-refractivity contribution is 0.157. The summed E-state index contributed by atoms with van der Waals surface area (Å²) < 4.78 is 7.43. The number of guanidine groups is 1. The molecule has 0 saturated carbocycles. The summed E-state index contributed by atoms with van der Waals surface area (Å²) in [5.41, 5.74) is 4.95. The van der Waals surface area contributed by atoms with Crippen molar-refractivity contribution in [1.82, 2.24) is 19.8 Å². The number of nitrogens with one attached hydrogen (secondary N) is 1. The Kier molecular flexibility index (Phi) is 9.75. The van der Waals surface area contributed by atoms with Crippen LogP contribution in [0, 0.1) is 5.92 Å². The van der Waals surface area contributed by atoms with Crippen molar-refractivity contribution in [3.05, 3.63) is 78.4 Å². The van der Waals surface area contributed by atoms with Crippen LogP contribution in [-0.2, 0) is 17.8 Å². The van der Waals surface area contributed by atoms with Crippen molar-refractivity contribution in [3.63, 3.8) is 0 Å². The monoisotopic (exact) mass is 559 g/mol. The molecule has 7 heteroatoms. The lowest BCUT2D eigenvalue weighted by atomic mass is 9.98. The lowest BCUT2D eigenvalue weighted by Crippen LogP contribution is -2.40. The Bertz CT molecular complexity index is 1000. The van der Waals surface area contributed by atoms with Gasteiger partial charge in [0.25, 0.3) is 0 Å². The molecule has 1 unspecified atom stereocenters. The van der Waals surface area contributed by atoms with Crippen LogP contribution >= 0.6 is 24.0 Å². The molecule has 6 nitrogen and oxygen atoms in total. The van der Waals surface area contributed by atoms with Crippen LogP contribution in [0.4, 0.5) is 0 Å². The highest BCUT2D eigenvalue weighted by molar-refractivity contribution is 14.0. The molecular weight excluding hydrogens is 525 g/mol. The lowest BCUT2D eigenvalue weighted by Gasteiger charge is -2.22. The van der Waals surface area contributed by atoms with Gasteiger partial charge in [-0.15, -0.1) is 24.0 Å². The number of nitrogens with zero attached hydrogens (tertiary/aromatic N) is 4. The van der Waals surface area contributed by atoms with E-state index in [-0.39, 0.29) is 24.0 Å². The largest absolute Gasteiger partial charge is 0.384 e. The summed E-state index contributed by atoms with van der Waals surface area (Å²) in [5, 5.41) is 3.47. The highest BCUT2D eigenvalue weighted by Gasteiger charge is 2.24. The van der Waals surface area contributed by atoms with Gasteiger partial charge in [0.15, 0.2) is 5.96 Å². The second-order valence-corrected chi connectivity index (χ2v) is 8.32. The average molecular weight is 559 g/mol. The number of benzene rings is 2. The van der Waals surface area contributed by atoms with Gasteiger partial charge in [-0.3, -0.25) is 0 Å². The first-order chi connectivity index (χ1) is 15.8.